The Labute approximate surface area is 121 Å². The molecule has 1 aromatic rings. The summed E-state index contributed by atoms with van der Waals surface area (Å²) in [5.41, 5.74) is 0. The second kappa shape index (κ2) is 5.88. The number of aliphatic carboxylic acids is 1. The molecule has 1 amide bonds. The summed E-state index contributed by atoms with van der Waals surface area (Å²) < 4.78 is 5.30. The van der Waals surface area contributed by atoms with E-state index in [1.807, 2.05) is 13.8 Å². The SMILES string of the molecule is CC(C)c1ncc(C(=O)N2CC(C(=O)O)O[C@H](C)C2)s1. The Bertz CT molecular complexity index is 514. The van der Waals surface area contributed by atoms with E-state index in [0.29, 0.717) is 11.4 Å². The molecule has 2 heterocycles. The maximum atomic E-state index is 12.4. The van der Waals surface area contributed by atoms with Crippen LogP contribution in [0.5, 0.6) is 0 Å². The molecule has 0 spiro atoms. The first-order valence-electron chi connectivity index (χ1n) is 6.51. The number of morpholine rings is 1. The molecule has 1 aliphatic heterocycles. The average molecular weight is 298 g/mol. The fourth-order valence-corrected chi connectivity index (χ4v) is 2.95. The molecular formula is C13H18N2O4S. The smallest absolute Gasteiger partial charge is 0.334 e. The third-order valence-electron chi connectivity index (χ3n) is 3.05. The van der Waals surface area contributed by atoms with Crippen molar-refractivity contribution in [3.05, 3.63) is 16.1 Å². The summed E-state index contributed by atoms with van der Waals surface area (Å²) in [7, 11) is 0. The van der Waals surface area contributed by atoms with Crippen LogP contribution in [0.25, 0.3) is 0 Å². The molecule has 1 aliphatic rings. The normalized spacial score (nSPS) is 23.1. The highest BCUT2D eigenvalue weighted by Gasteiger charge is 2.33. The van der Waals surface area contributed by atoms with E-state index >= 15 is 0 Å². The van der Waals surface area contributed by atoms with E-state index < -0.39 is 12.1 Å². The molecule has 0 aliphatic carbocycles. The first kappa shape index (κ1) is 14.9. The molecule has 1 saturated heterocycles. The Kier molecular flexibility index (Phi) is 4.39. The van der Waals surface area contributed by atoms with Gasteiger partial charge in [-0.05, 0) is 6.92 Å². The van der Waals surface area contributed by atoms with Crippen molar-refractivity contribution in [3.8, 4) is 0 Å². The van der Waals surface area contributed by atoms with Crippen LogP contribution < -0.4 is 0 Å². The van der Waals surface area contributed by atoms with Gasteiger partial charge in [-0.25, -0.2) is 9.78 Å². The minimum absolute atomic E-state index is 0.0768. The largest absolute Gasteiger partial charge is 0.479 e. The molecule has 2 rings (SSSR count). The lowest BCUT2D eigenvalue weighted by Crippen LogP contribution is -2.51. The van der Waals surface area contributed by atoms with Crippen LogP contribution in [-0.4, -0.2) is 52.2 Å². The standard InChI is InChI=1S/C13H18N2O4S/c1-7(2)11-14-4-10(20-11)12(16)15-5-8(3)19-9(6-15)13(17)18/h4,7-9H,5-6H2,1-3H3,(H,17,18)/t8-,9?/m1/s1. The number of rotatable bonds is 3. The molecule has 1 N–H and O–H groups in total. The van der Waals surface area contributed by atoms with Crippen molar-refractivity contribution in [2.75, 3.05) is 13.1 Å². The quantitative estimate of drug-likeness (QED) is 0.916. The second-order valence-corrected chi connectivity index (χ2v) is 6.26. The number of carbonyl (C=O) groups is 2. The molecule has 2 atom stereocenters. The van der Waals surface area contributed by atoms with E-state index in [-0.39, 0.29) is 24.5 Å². The maximum Gasteiger partial charge on any atom is 0.334 e. The Morgan fingerprint density at radius 2 is 2.20 bits per heavy atom. The van der Waals surface area contributed by atoms with E-state index in [4.69, 9.17) is 9.84 Å². The van der Waals surface area contributed by atoms with Gasteiger partial charge in [0.05, 0.1) is 23.9 Å². The first-order valence-corrected chi connectivity index (χ1v) is 7.33. The van der Waals surface area contributed by atoms with Gasteiger partial charge in [0.1, 0.15) is 4.88 Å². The summed E-state index contributed by atoms with van der Waals surface area (Å²) in [6.45, 7) is 6.28. The summed E-state index contributed by atoms with van der Waals surface area (Å²) in [6, 6.07) is 0. The van der Waals surface area contributed by atoms with Gasteiger partial charge in [-0.1, -0.05) is 13.8 Å². The lowest BCUT2D eigenvalue weighted by atomic mass is 10.2. The van der Waals surface area contributed by atoms with E-state index in [1.165, 1.54) is 16.2 Å². The van der Waals surface area contributed by atoms with E-state index in [0.717, 1.165) is 5.01 Å². The van der Waals surface area contributed by atoms with Gasteiger partial charge in [-0.15, -0.1) is 11.3 Å². The number of carboxylic acids is 1. The van der Waals surface area contributed by atoms with Gasteiger partial charge in [0.2, 0.25) is 0 Å². The van der Waals surface area contributed by atoms with E-state index in [1.54, 1.807) is 13.1 Å². The van der Waals surface area contributed by atoms with Crippen LogP contribution in [0.4, 0.5) is 0 Å². The van der Waals surface area contributed by atoms with Crippen molar-refractivity contribution >= 4 is 23.2 Å². The molecular weight excluding hydrogens is 280 g/mol. The minimum atomic E-state index is -1.04. The van der Waals surface area contributed by atoms with Crippen LogP contribution in [0.1, 0.15) is 41.4 Å². The molecule has 6 nitrogen and oxygen atoms in total. The van der Waals surface area contributed by atoms with E-state index in [9.17, 15) is 9.59 Å². The molecule has 0 aromatic carbocycles. The predicted molar refractivity (Wildman–Crippen MR) is 74.1 cm³/mol. The number of ether oxygens (including phenoxy) is 1. The third kappa shape index (κ3) is 3.16. The number of carboxylic acid groups (broad SMARTS) is 1. The van der Waals surface area contributed by atoms with E-state index in [2.05, 4.69) is 4.98 Å². The molecule has 7 heteroatoms. The highest BCUT2D eigenvalue weighted by molar-refractivity contribution is 7.13. The Hall–Kier alpha value is -1.47. The van der Waals surface area contributed by atoms with Crippen LogP contribution >= 0.6 is 11.3 Å². The number of hydrogen-bond donors (Lipinski definition) is 1. The Balaban J connectivity index is 2.12. The van der Waals surface area contributed by atoms with Gasteiger partial charge in [-0.3, -0.25) is 4.79 Å². The van der Waals surface area contributed by atoms with Gasteiger partial charge >= 0.3 is 5.97 Å². The van der Waals surface area contributed by atoms with Gasteiger partial charge in [-0.2, -0.15) is 0 Å². The number of hydrogen-bond acceptors (Lipinski definition) is 5. The maximum absolute atomic E-state index is 12.4. The zero-order chi connectivity index (χ0) is 14.9. The number of thiazole rings is 1. The van der Waals surface area contributed by atoms with Crippen LogP contribution in [0.15, 0.2) is 6.20 Å². The lowest BCUT2D eigenvalue weighted by Gasteiger charge is -2.34. The summed E-state index contributed by atoms with van der Waals surface area (Å²) in [5.74, 6) is -0.936. The van der Waals surface area contributed by atoms with Crippen LogP contribution in [0.3, 0.4) is 0 Å². The average Bonchev–Trinajstić information content (AvgIpc) is 2.86. The van der Waals surface area contributed by atoms with Gasteiger partial charge < -0.3 is 14.7 Å². The topological polar surface area (TPSA) is 79.7 Å². The zero-order valence-corrected chi connectivity index (χ0v) is 12.5. The predicted octanol–water partition coefficient (Wildman–Crippen LogP) is 1.58. The van der Waals surface area contributed by atoms with Crippen LogP contribution in [-0.2, 0) is 9.53 Å². The fraction of sp³-hybridized carbons (Fsp3) is 0.615. The monoisotopic (exact) mass is 298 g/mol. The Morgan fingerprint density at radius 3 is 2.75 bits per heavy atom. The molecule has 0 radical (unpaired) electrons. The third-order valence-corrected chi connectivity index (χ3v) is 4.34. The molecule has 1 aromatic heterocycles. The highest BCUT2D eigenvalue weighted by atomic mass is 32.1. The highest BCUT2D eigenvalue weighted by Crippen LogP contribution is 2.23. The molecule has 1 fully saturated rings. The van der Waals surface area contributed by atoms with Crippen molar-refractivity contribution in [1.82, 2.24) is 9.88 Å². The molecule has 0 bridgehead atoms. The van der Waals surface area contributed by atoms with Crippen molar-refractivity contribution in [3.63, 3.8) is 0 Å². The van der Waals surface area contributed by atoms with Crippen LogP contribution in [0.2, 0.25) is 0 Å². The first-order chi connectivity index (χ1) is 9.38. The van der Waals surface area contributed by atoms with Crippen molar-refractivity contribution in [2.24, 2.45) is 0 Å². The van der Waals surface area contributed by atoms with Crippen molar-refractivity contribution in [1.29, 1.82) is 0 Å². The summed E-state index contributed by atoms with van der Waals surface area (Å²) in [4.78, 5) is 29.7. The Morgan fingerprint density at radius 1 is 1.50 bits per heavy atom. The molecule has 1 unspecified atom stereocenters. The van der Waals surface area contributed by atoms with Gasteiger partial charge in [0.15, 0.2) is 6.10 Å². The van der Waals surface area contributed by atoms with Crippen molar-refractivity contribution < 1.29 is 19.4 Å². The minimum Gasteiger partial charge on any atom is -0.479 e. The van der Waals surface area contributed by atoms with Crippen LogP contribution in [0, 0.1) is 0 Å². The van der Waals surface area contributed by atoms with Crippen molar-refractivity contribution in [2.45, 2.75) is 38.9 Å². The lowest BCUT2D eigenvalue weighted by molar-refractivity contribution is -0.160. The molecule has 110 valence electrons. The molecule has 0 saturated carbocycles. The number of amides is 1. The van der Waals surface area contributed by atoms with Gasteiger partial charge in [0, 0.05) is 12.5 Å². The summed E-state index contributed by atoms with van der Waals surface area (Å²) >= 11 is 1.36. The second-order valence-electron chi connectivity index (χ2n) is 5.20. The van der Waals surface area contributed by atoms with Gasteiger partial charge in [0.25, 0.3) is 5.91 Å². The zero-order valence-electron chi connectivity index (χ0n) is 11.7. The fourth-order valence-electron chi connectivity index (χ4n) is 2.06. The summed E-state index contributed by atoms with van der Waals surface area (Å²) in [6.07, 6.45) is 0.324. The number of carbonyl (C=O) groups excluding carboxylic acids is 1. The number of aromatic nitrogens is 1. The number of nitrogens with zero attached hydrogens (tertiary/aromatic N) is 2. The summed E-state index contributed by atoms with van der Waals surface area (Å²) in [5, 5.41) is 9.94. The molecule has 20 heavy (non-hydrogen) atoms.